The number of nitrogens with one attached hydrogen (secondary N) is 1. The molecule has 122 valence electrons. The standard InChI is InChI=1S/C19H24N2O2/c1-13(2)15-8-7-9-16(14(3)4)19(15)21-17(22)12-23-18-10-5-6-11-20-18/h5-11,13-14H,12H2,1-4H3,(H,21,22). The van der Waals surface area contributed by atoms with Crippen LogP contribution in [0, 0.1) is 0 Å². The van der Waals surface area contributed by atoms with Crippen molar-refractivity contribution in [2.75, 3.05) is 11.9 Å². The lowest BCUT2D eigenvalue weighted by molar-refractivity contribution is -0.118. The van der Waals surface area contributed by atoms with Gasteiger partial charge in [0.2, 0.25) is 5.88 Å². The molecule has 0 saturated heterocycles. The average Bonchev–Trinajstić information content (AvgIpc) is 2.53. The Bertz CT molecular complexity index is 625. The lowest BCUT2D eigenvalue weighted by atomic mass is 9.92. The van der Waals surface area contributed by atoms with E-state index in [9.17, 15) is 4.79 Å². The Morgan fingerprint density at radius 1 is 1.04 bits per heavy atom. The van der Waals surface area contributed by atoms with Gasteiger partial charge in [-0.15, -0.1) is 0 Å². The first-order valence-electron chi connectivity index (χ1n) is 7.95. The molecule has 1 aromatic heterocycles. The molecule has 1 heterocycles. The van der Waals surface area contributed by atoms with Crippen LogP contribution in [0.25, 0.3) is 0 Å². The van der Waals surface area contributed by atoms with E-state index in [0.29, 0.717) is 17.7 Å². The van der Waals surface area contributed by atoms with Crippen molar-refractivity contribution < 1.29 is 9.53 Å². The molecular weight excluding hydrogens is 288 g/mol. The van der Waals surface area contributed by atoms with Crippen molar-refractivity contribution in [3.8, 4) is 5.88 Å². The van der Waals surface area contributed by atoms with E-state index in [4.69, 9.17) is 4.74 Å². The maximum absolute atomic E-state index is 12.3. The number of amides is 1. The topological polar surface area (TPSA) is 51.2 Å². The first-order valence-corrected chi connectivity index (χ1v) is 7.95. The Labute approximate surface area is 137 Å². The molecular formula is C19H24N2O2. The fourth-order valence-electron chi connectivity index (χ4n) is 2.44. The van der Waals surface area contributed by atoms with Crippen molar-refractivity contribution >= 4 is 11.6 Å². The predicted octanol–water partition coefficient (Wildman–Crippen LogP) is 4.35. The minimum atomic E-state index is -0.175. The van der Waals surface area contributed by atoms with Crippen molar-refractivity contribution in [2.24, 2.45) is 0 Å². The van der Waals surface area contributed by atoms with Gasteiger partial charge >= 0.3 is 0 Å². The summed E-state index contributed by atoms with van der Waals surface area (Å²) in [7, 11) is 0. The van der Waals surface area contributed by atoms with E-state index in [1.165, 1.54) is 0 Å². The summed E-state index contributed by atoms with van der Waals surface area (Å²) in [6.07, 6.45) is 1.64. The first kappa shape index (κ1) is 17.0. The number of anilines is 1. The van der Waals surface area contributed by atoms with Crippen LogP contribution >= 0.6 is 0 Å². The zero-order valence-corrected chi connectivity index (χ0v) is 14.2. The maximum atomic E-state index is 12.3. The summed E-state index contributed by atoms with van der Waals surface area (Å²) in [4.78, 5) is 16.3. The average molecular weight is 312 g/mol. The third-order valence-electron chi connectivity index (χ3n) is 3.63. The van der Waals surface area contributed by atoms with Crippen LogP contribution in [-0.4, -0.2) is 17.5 Å². The summed E-state index contributed by atoms with van der Waals surface area (Å²) >= 11 is 0. The van der Waals surface area contributed by atoms with Crippen LogP contribution in [0.15, 0.2) is 42.6 Å². The van der Waals surface area contributed by atoms with Crippen LogP contribution in [0.1, 0.15) is 50.7 Å². The first-order chi connectivity index (χ1) is 11.0. The molecule has 23 heavy (non-hydrogen) atoms. The normalized spacial score (nSPS) is 10.9. The molecule has 0 radical (unpaired) electrons. The largest absolute Gasteiger partial charge is 0.468 e. The van der Waals surface area contributed by atoms with E-state index < -0.39 is 0 Å². The van der Waals surface area contributed by atoms with Gasteiger partial charge in [-0.05, 0) is 29.0 Å². The van der Waals surface area contributed by atoms with Crippen LogP contribution in [0.5, 0.6) is 5.88 Å². The zero-order valence-electron chi connectivity index (χ0n) is 14.2. The van der Waals surface area contributed by atoms with Crippen LogP contribution < -0.4 is 10.1 Å². The molecule has 0 fully saturated rings. The fourth-order valence-corrected chi connectivity index (χ4v) is 2.44. The fraction of sp³-hybridized carbons (Fsp3) is 0.368. The van der Waals surface area contributed by atoms with Gasteiger partial charge in [0, 0.05) is 18.0 Å². The number of para-hydroxylation sites is 1. The Morgan fingerprint density at radius 3 is 2.22 bits per heavy atom. The molecule has 0 aliphatic rings. The molecule has 0 spiro atoms. The predicted molar refractivity (Wildman–Crippen MR) is 93.0 cm³/mol. The highest BCUT2D eigenvalue weighted by molar-refractivity contribution is 5.93. The van der Waals surface area contributed by atoms with Crippen molar-refractivity contribution in [3.05, 3.63) is 53.7 Å². The van der Waals surface area contributed by atoms with Gasteiger partial charge in [0.25, 0.3) is 5.91 Å². The van der Waals surface area contributed by atoms with Gasteiger partial charge in [0.15, 0.2) is 6.61 Å². The summed E-state index contributed by atoms with van der Waals surface area (Å²) in [5, 5.41) is 3.02. The smallest absolute Gasteiger partial charge is 0.262 e. The SMILES string of the molecule is CC(C)c1cccc(C(C)C)c1NC(=O)COc1ccccn1. The van der Waals surface area contributed by atoms with Gasteiger partial charge < -0.3 is 10.1 Å². The van der Waals surface area contributed by atoms with Gasteiger partial charge in [-0.3, -0.25) is 4.79 Å². The molecule has 0 atom stereocenters. The zero-order chi connectivity index (χ0) is 16.8. The molecule has 0 aliphatic heterocycles. The number of aromatic nitrogens is 1. The summed E-state index contributed by atoms with van der Waals surface area (Å²) in [5.74, 6) is 0.941. The molecule has 2 aromatic rings. The number of pyridine rings is 1. The highest BCUT2D eigenvalue weighted by atomic mass is 16.5. The minimum absolute atomic E-state index is 0.0546. The van der Waals surface area contributed by atoms with Crippen molar-refractivity contribution in [1.82, 2.24) is 4.98 Å². The van der Waals surface area contributed by atoms with Gasteiger partial charge in [-0.1, -0.05) is 52.0 Å². The van der Waals surface area contributed by atoms with E-state index in [-0.39, 0.29) is 12.5 Å². The summed E-state index contributed by atoms with van der Waals surface area (Å²) in [6, 6.07) is 11.5. The Morgan fingerprint density at radius 2 is 1.70 bits per heavy atom. The van der Waals surface area contributed by atoms with Gasteiger partial charge in [0.05, 0.1) is 0 Å². The number of hydrogen-bond acceptors (Lipinski definition) is 3. The second-order valence-electron chi connectivity index (χ2n) is 6.13. The molecule has 0 bridgehead atoms. The van der Waals surface area contributed by atoms with E-state index in [1.807, 2.05) is 12.1 Å². The van der Waals surface area contributed by atoms with E-state index in [0.717, 1.165) is 16.8 Å². The Hall–Kier alpha value is -2.36. The molecule has 4 heteroatoms. The molecule has 0 unspecified atom stereocenters. The molecule has 4 nitrogen and oxygen atoms in total. The number of nitrogens with zero attached hydrogens (tertiary/aromatic N) is 1. The highest BCUT2D eigenvalue weighted by Crippen LogP contribution is 2.32. The molecule has 0 aliphatic carbocycles. The molecule has 0 saturated carbocycles. The number of carbonyl (C=O) groups excluding carboxylic acids is 1. The van der Waals surface area contributed by atoms with Gasteiger partial charge in [-0.25, -0.2) is 4.98 Å². The highest BCUT2D eigenvalue weighted by Gasteiger charge is 2.16. The molecule has 2 rings (SSSR count). The quantitative estimate of drug-likeness (QED) is 0.863. The van der Waals surface area contributed by atoms with Crippen LogP contribution in [-0.2, 0) is 4.79 Å². The van der Waals surface area contributed by atoms with Gasteiger partial charge in [0.1, 0.15) is 0 Å². The summed E-state index contributed by atoms with van der Waals surface area (Å²) in [5.41, 5.74) is 3.19. The second kappa shape index (κ2) is 7.77. The number of ether oxygens (including phenoxy) is 1. The van der Waals surface area contributed by atoms with Crippen molar-refractivity contribution in [1.29, 1.82) is 0 Å². The molecule has 1 aromatic carbocycles. The second-order valence-corrected chi connectivity index (χ2v) is 6.13. The van der Waals surface area contributed by atoms with Gasteiger partial charge in [-0.2, -0.15) is 0 Å². The number of benzene rings is 1. The maximum Gasteiger partial charge on any atom is 0.262 e. The lowest BCUT2D eigenvalue weighted by Gasteiger charge is -2.20. The summed E-state index contributed by atoms with van der Waals surface area (Å²) in [6.45, 7) is 8.44. The van der Waals surface area contributed by atoms with E-state index >= 15 is 0 Å². The Balaban J connectivity index is 2.13. The van der Waals surface area contributed by atoms with Crippen LogP contribution in [0.2, 0.25) is 0 Å². The Kier molecular flexibility index (Phi) is 5.74. The lowest BCUT2D eigenvalue weighted by Crippen LogP contribution is -2.22. The van der Waals surface area contributed by atoms with Crippen molar-refractivity contribution in [3.63, 3.8) is 0 Å². The monoisotopic (exact) mass is 312 g/mol. The molecule has 1 N–H and O–H groups in total. The molecule has 1 amide bonds. The minimum Gasteiger partial charge on any atom is -0.468 e. The third kappa shape index (κ3) is 4.55. The summed E-state index contributed by atoms with van der Waals surface area (Å²) < 4.78 is 5.42. The number of rotatable bonds is 6. The van der Waals surface area contributed by atoms with E-state index in [1.54, 1.807) is 18.3 Å². The van der Waals surface area contributed by atoms with Crippen molar-refractivity contribution in [2.45, 2.75) is 39.5 Å². The van der Waals surface area contributed by atoms with E-state index in [2.05, 4.69) is 50.1 Å². The van der Waals surface area contributed by atoms with Crippen LogP contribution in [0.3, 0.4) is 0 Å². The number of hydrogen-bond donors (Lipinski definition) is 1. The third-order valence-corrected chi connectivity index (χ3v) is 3.63. The van der Waals surface area contributed by atoms with Crippen LogP contribution in [0.4, 0.5) is 5.69 Å². The number of carbonyl (C=O) groups is 1.